The summed E-state index contributed by atoms with van der Waals surface area (Å²) in [6.07, 6.45) is 3.44. The van der Waals surface area contributed by atoms with Gasteiger partial charge in [-0.2, -0.15) is 0 Å². The summed E-state index contributed by atoms with van der Waals surface area (Å²) in [7, 11) is 1.84. The van der Waals surface area contributed by atoms with E-state index in [1.807, 2.05) is 37.4 Å². The molecular weight excluding hydrogens is 363 g/mol. The van der Waals surface area contributed by atoms with Crippen LogP contribution in [0.3, 0.4) is 0 Å². The number of benzene rings is 2. The first-order valence-electron chi connectivity index (χ1n) is 8.58. The number of aromatic nitrogens is 2. The first-order valence-corrected chi connectivity index (χ1v) is 9.57. The molecule has 0 unspecified atom stereocenters. The highest BCUT2D eigenvalue weighted by Crippen LogP contribution is 2.21. The fraction of sp³-hybridized carbons (Fsp3) is 0.200. The Morgan fingerprint density at radius 1 is 1.22 bits per heavy atom. The van der Waals surface area contributed by atoms with Crippen LogP contribution in [0.15, 0.2) is 71.9 Å². The Balaban J connectivity index is 1.60. The number of carbonyl (C=O) groups excluding carboxylic acids is 1. The Bertz CT molecular complexity index is 884. The zero-order valence-corrected chi connectivity index (χ0v) is 15.7. The van der Waals surface area contributed by atoms with E-state index in [0.717, 1.165) is 10.6 Å². The Hall–Kier alpha value is -2.80. The molecule has 1 aromatic heterocycles. The summed E-state index contributed by atoms with van der Waals surface area (Å²) in [5.74, 6) is 1.03. The largest absolute Gasteiger partial charge is 0.337 e. The zero-order valence-electron chi connectivity index (χ0n) is 14.9. The van der Waals surface area contributed by atoms with Crippen LogP contribution in [0.1, 0.15) is 17.4 Å². The lowest BCUT2D eigenvalue weighted by Gasteiger charge is -2.19. The van der Waals surface area contributed by atoms with Gasteiger partial charge in [-0.25, -0.2) is 14.2 Å². The number of hydrogen-bond acceptors (Lipinski definition) is 3. The maximum Gasteiger partial charge on any atom is 0.315 e. The van der Waals surface area contributed by atoms with E-state index in [9.17, 15) is 9.18 Å². The van der Waals surface area contributed by atoms with Crippen LogP contribution in [0.25, 0.3) is 0 Å². The van der Waals surface area contributed by atoms with Crippen LogP contribution in [0.4, 0.5) is 9.18 Å². The third kappa shape index (κ3) is 5.34. The van der Waals surface area contributed by atoms with Crippen LogP contribution in [0, 0.1) is 5.82 Å². The molecule has 0 spiro atoms. The third-order valence-electron chi connectivity index (χ3n) is 3.97. The average molecular weight is 384 g/mol. The fourth-order valence-electron chi connectivity index (χ4n) is 2.67. The van der Waals surface area contributed by atoms with Crippen molar-refractivity contribution in [1.82, 2.24) is 20.2 Å². The second-order valence-corrected chi connectivity index (χ2v) is 7.11. The van der Waals surface area contributed by atoms with E-state index < -0.39 is 6.04 Å². The number of nitrogens with zero attached hydrogens (tertiary/aromatic N) is 2. The molecule has 0 radical (unpaired) electrons. The van der Waals surface area contributed by atoms with Gasteiger partial charge in [0.2, 0.25) is 0 Å². The predicted octanol–water partition coefficient (Wildman–Crippen LogP) is 3.74. The van der Waals surface area contributed by atoms with Crippen molar-refractivity contribution in [2.75, 3.05) is 12.3 Å². The number of amides is 2. The molecule has 0 fully saturated rings. The fourth-order valence-corrected chi connectivity index (χ4v) is 3.46. The number of imidazole rings is 1. The smallest absolute Gasteiger partial charge is 0.315 e. The van der Waals surface area contributed by atoms with Crippen molar-refractivity contribution in [2.45, 2.75) is 10.9 Å². The molecule has 0 aliphatic rings. The predicted molar refractivity (Wildman–Crippen MR) is 105 cm³/mol. The standard InChI is InChI=1S/C20H21FN4OS/c1-25-12-10-22-19(25)18(15-6-5-7-16(21)14-15)24-20(26)23-11-13-27-17-8-3-2-4-9-17/h2-10,12,14,18H,11,13H2,1H3,(H2,23,24,26)/t18-/m1/s1. The quantitative estimate of drug-likeness (QED) is 0.482. The first kappa shape index (κ1) is 19.0. The van der Waals surface area contributed by atoms with Gasteiger partial charge in [0.15, 0.2) is 0 Å². The second kappa shape index (κ2) is 9.23. The van der Waals surface area contributed by atoms with E-state index in [1.54, 1.807) is 40.9 Å². The number of hydrogen-bond donors (Lipinski definition) is 2. The number of halogens is 1. The van der Waals surface area contributed by atoms with Crippen molar-refractivity contribution >= 4 is 17.8 Å². The summed E-state index contributed by atoms with van der Waals surface area (Å²) in [5.41, 5.74) is 0.637. The van der Waals surface area contributed by atoms with Crippen LogP contribution >= 0.6 is 11.8 Å². The van der Waals surface area contributed by atoms with Gasteiger partial charge in [-0.15, -0.1) is 11.8 Å². The molecule has 5 nitrogen and oxygen atoms in total. The van der Waals surface area contributed by atoms with E-state index in [2.05, 4.69) is 15.6 Å². The number of nitrogens with one attached hydrogen (secondary N) is 2. The van der Waals surface area contributed by atoms with Crippen LogP contribution in [-0.4, -0.2) is 27.9 Å². The summed E-state index contributed by atoms with van der Waals surface area (Å²) in [4.78, 5) is 17.8. The average Bonchev–Trinajstić information content (AvgIpc) is 3.10. The number of thioether (sulfide) groups is 1. The molecule has 27 heavy (non-hydrogen) atoms. The minimum Gasteiger partial charge on any atom is -0.337 e. The highest BCUT2D eigenvalue weighted by Gasteiger charge is 2.21. The Labute approximate surface area is 162 Å². The maximum atomic E-state index is 13.7. The minimum absolute atomic E-state index is 0.319. The summed E-state index contributed by atoms with van der Waals surface area (Å²) in [6.45, 7) is 0.516. The summed E-state index contributed by atoms with van der Waals surface area (Å²) >= 11 is 1.67. The van der Waals surface area contributed by atoms with Gasteiger partial charge in [0, 0.05) is 36.6 Å². The van der Waals surface area contributed by atoms with Crippen LogP contribution in [-0.2, 0) is 7.05 Å². The third-order valence-corrected chi connectivity index (χ3v) is 4.99. The molecule has 3 aromatic rings. The van der Waals surface area contributed by atoms with Crippen molar-refractivity contribution in [3.63, 3.8) is 0 Å². The van der Waals surface area contributed by atoms with Crippen LogP contribution < -0.4 is 10.6 Å². The van der Waals surface area contributed by atoms with Gasteiger partial charge in [0.1, 0.15) is 17.7 Å². The van der Waals surface area contributed by atoms with E-state index in [1.165, 1.54) is 12.1 Å². The molecule has 140 valence electrons. The van der Waals surface area contributed by atoms with Crippen molar-refractivity contribution in [3.8, 4) is 0 Å². The second-order valence-electron chi connectivity index (χ2n) is 5.95. The molecule has 0 bridgehead atoms. The molecule has 0 saturated heterocycles. The summed E-state index contributed by atoms with van der Waals surface area (Å²) < 4.78 is 15.5. The van der Waals surface area contributed by atoms with E-state index in [-0.39, 0.29) is 11.8 Å². The SMILES string of the molecule is Cn1ccnc1[C@H](NC(=O)NCCSc1ccccc1)c1cccc(F)c1. The first-order chi connectivity index (χ1) is 13.1. The van der Waals surface area contributed by atoms with E-state index in [4.69, 9.17) is 0 Å². The zero-order chi connectivity index (χ0) is 19.1. The lowest BCUT2D eigenvalue weighted by atomic mass is 10.1. The molecule has 3 rings (SSSR count). The number of rotatable bonds is 7. The Kier molecular flexibility index (Phi) is 6.49. The molecule has 7 heteroatoms. The van der Waals surface area contributed by atoms with Crippen molar-refractivity contribution < 1.29 is 9.18 Å². The highest BCUT2D eigenvalue weighted by atomic mass is 32.2. The highest BCUT2D eigenvalue weighted by molar-refractivity contribution is 7.99. The number of carbonyl (C=O) groups is 1. The molecule has 2 aromatic carbocycles. The molecule has 1 atom stereocenters. The Morgan fingerprint density at radius 3 is 2.74 bits per heavy atom. The molecule has 2 amide bonds. The number of urea groups is 1. The van der Waals surface area contributed by atoms with Crippen LogP contribution in [0.5, 0.6) is 0 Å². The molecule has 0 aliphatic heterocycles. The monoisotopic (exact) mass is 384 g/mol. The topological polar surface area (TPSA) is 59.0 Å². The van der Waals surface area contributed by atoms with E-state index in [0.29, 0.717) is 17.9 Å². The van der Waals surface area contributed by atoms with Gasteiger partial charge >= 0.3 is 6.03 Å². The van der Waals surface area contributed by atoms with Crippen molar-refractivity contribution in [1.29, 1.82) is 0 Å². The van der Waals surface area contributed by atoms with Gasteiger partial charge < -0.3 is 15.2 Å². The van der Waals surface area contributed by atoms with Crippen LogP contribution in [0.2, 0.25) is 0 Å². The molecule has 2 N–H and O–H groups in total. The van der Waals surface area contributed by atoms with Gasteiger partial charge in [-0.05, 0) is 29.8 Å². The summed E-state index contributed by atoms with van der Waals surface area (Å²) in [6, 6.07) is 15.3. The van der Waals surface area contributed by atoms with Gasteiger partial charge in [-0.1, -0.05) is 30.3 Å². The molecule has 0 saturated carbocycles. The Morgan fingerprint density at radius 2 is 2.04 bits per heavy atom. The number of aryl methyl sites for hydroxylation is 1. The van der Waals surface area contributed by atoms with Crippen molar-refractivity contribution in [2.24, 2.45) is 7.05 Å². The lowest BCUT2D eigenvalue weighted by Crippen LogP contribution is -2.40. The minimum atomic E-state index is -0.539. The van der Waals surface area contributed by atoms with Gasteiger partial charge in [-0.3, -0.25) is 0 Å². The maximum absolute atomic E-state index is 13.7. The normalized spacial score (nSPS) is 11.8. The lowest BCUT2D eigenvalue weighted by molar-refractivity contribution is 0.238. The van der Waals surface area contributed by atoms with Crippen molar-refractivity contribution in [3.05, 3.63) is 84.2 Å². The van der Waals surface area contributed by atoms with Gasteiger partial charge in [0.25, 0.3) is 0 Å². The molecule has 1 heterocycles. The van der Waals surface area contributed by atoms with Gasteiger partial charge in [0.05, 0.1) is 0 Å². The van der Waals surface area contributed by atoms with E-state index >= 15 is 0 Å². The summed E-state index contributed by atoms with van der Waals surface area (Å²) in [5, 5.41) is 5.74. The molecule has 0 aliphatic carbocycles. The molecular formula is C20H21FN4OS.